The number of aromatic nitrogens is 1. The number of hydrogen-bond donors (Lipinski definition) is 1. The van der Waals surface area contributed by atoms with E-state index in [0.29, 0.717) is 28.5 Å². The minimum atomic E-state index is -0.305. The summed E-state index contributed by atoms with van der Waals surface area (Å²) in [4.78, 5) is 21.3. The van der Waals surface area contributed by atoms with Crippen molar-refractivity contribution in [3.8, 4) is 10.6 Å². The molecule has 1 N–H and O–H groups in total. The predicted molar refractivity (Wildman–Crippen MR) is 82.0 cm³/mol. The van der Waals surface area contributed by atoms with Crippen molar-refractivity contribution in [2.75, 3.05) is 0 Å². The van der Waals surface area contributed by atoms with Crippen LogP contribution in [0.25, 0.3) is 10.6 Å². The van der Waals surface area contributed by atoms with Crippen LogP contribution in [0.5, 0.6) is 0 Å². The smallest absolute Gasteiger partial charge is 0.231 e. The van der Waals surface area contributed by atoms with E-state index in [1.54, 1.807) is 17.5 Å². The summed E-state index contributed by atoms with van der Waals surface area (Å²) in [6, 6.07) is 6.24. The summed E-state index contributed by atoms with van der Waals surface area (Å²) < 4.78 is 13.2. The van der Waals surface area contributed by atoms with Crippen molar-refractivity contribution in [2.24, 2.45) is 5.16 Å². The Hall–Kier alpha value is -2.28. The monoisotopic (exact) mass is 319 g/mol. The van der Waals surface area contributed by atoms with E-state index in [9.17, 15) is 9.18 Å². The topological polar surface area (TPSA) is 63.6 Å². The minimum Gasteiger partial charge on any atom is -0.391 e. The third-order valence-corrected chi connectivity index (χ3v) is 4.01. The first-order valence-electron chi connectivity index (χ1n) is 6.83. The molecule has 1 aromatic heterocycles. The zero-order chi connectivity index (χ0) is 15.5. The molecule has 0 fully saturated rings. The van der Waals surface area contributed by atoms with Crippen molar-refractivity contribution >= 4 is 23.1 Å². The summed E-state index contributed by atoms with van der Waals surface area (Å²) in [5.74, 6) is 0.0472. The molecule has 3 rings (SSSR count). The van der Waals surface area contributed by atoms with E-state index < -0.39 is 0 Å². The van der Waals surface area contributed by atoms with Gasteiger partial charge in [-0.3, -0.25) is 4.79 Å². The lowest BCUT2D eigenvalue weighted by Crippen LogP contribution is -2.31. The molecule has 0 unspecified atom stereocenters. The molecule has 114 valence electrons. The van der Waals surface area contributed by atoms with E-state index >= 15 is 0 Å². The highest BCUT2D eigenvalue weighted by atomic mass is 32.1. The van der Waals surface area contributed by atoms with Gasteiger partial charge in [0.2, 0.25) is 5.91 Å². The fourth-order valence-corrected chi connectivity index (χ4v) is 2.90. The van der Waals surface area contributed by atoms with Gasteiger partial charge in [-0.25, -0.2) is 9.37 Å². The summed E-state index contributed by atoms with van der Waals surface area (Å²) in [6.07, 6.45) is 0.741. The van der Waals surface area contributed by atoms with Crippen molar-refractivity contribution < 1.29 is 14.0 Å². The number of halogens is 1. The van der Waals surface area contributed by atoms with Crippen LogP contribution in [-0.4, -0.2) is 22.8 Å². The van der Waals surface area contributed by atoms with Crippen LogP contribution in [-0.2, 0) is 16.1 Å². The molecule has 0 aliphatic carbocycles. The molecule has 1 amide bonds. The molecule has 0 saturated heterocycles. The van der Waals surface area contributed by atoms with Crippen LogP contribution in [0, 0.1) is 5.82 Å². The minimum absolute atomic E-state index is 0.00541. The van der Waals surface area contributed by atoms with Crippen LogP contribution in [0.1, 0.15) is 19.0 Å². The standard InChI is InChI=1S/C15H14FN3O2S/c1-9-5-13(19-21-9)18-14(20)7-12-8-22-15(17-12)10-3-2-4-11(16)6-10/h2-4,6,8-9H,5,7H2,1H3,(H,18,19,20)/t9-/m0/s1. The Morgan fingerprint density at radius 3 is 3.14 bits per heavy atom. The van der Waals surface area contributed by atoms with Crippen molar-refractivity contribution in [1.29, 1.82) is 0 Å². The van der Waals surface area contributed by atoms with E-state index in [2.05, 4.69) is 15.5 Å². The van der Waals surface area contributed by atoms with Gasteiger partial charge in [-0.2, -0.15) is 0 Å². The second-order valence-electron chi connectivity index (χ2n) is 5.04. The molecule has 5 nitrogen and oxygen atoms in total. The van der Waals surface area contributed by atoms with Crippen molar-refractivity contribution in [1.82, 2.24) is 10.3 Å². The maximum atomic E-state index is 13.2. The normalized spacial score (nSPS) is 17.0. The largest absolute Gasteiger partial charge is 0.391 e. The van der Waals surface area contributed by atoms with E-state index in [0.717, 1.165) is 0 Å². The number of nitrogens with zero attached hydrogens (tertiary/aromatic N) is 2. The molecule has 2 aromatic rings. The van der Waals surface area contributed by atoms with Gasteiger partial charge in [0, 0.05) is 17.4 Å². The van der Waals surface area contributed by atoms with E-state index in [1.807, 2.05) is 6.92 Å². The van der Waals surface area contributed by atoms with Gasteiger partial charge in [0.05, 0.1) is 12.1 Å². The number of thiazole rings is 1. The molecule has 0 spiro atoms. The summed E-state index contributed by atoms with van der Waals surface area (Å²) >= 11 is 1.38. The van der Waals surface area contributed by atoms with Crippen LogP contribution < -0.4 is 5.32 Å². The van der Waals surface area contributed by atoms with Gasteiger partial charge < -0.3 is 10.2 Å². The molecule has 1 atom stereocenters. The predicted octanol–water partition coefficient (Wildman–Crippen LogP) is 2.73. The Bertz CT molecular complexity index is 729. The molecule has 1 aliphatic heterocycles. The first-order chi connectivity index (χ1) is 10.6. The maximum absolute atomic E-state index is 13.2. The number of amides is 1. The van der Waals surface area contributed by atoms with Crippen LogP contribution >= 0.6 is 11.3 Å². The Balaban J connectivity index is 1.63. The number of oxime groups is 1. The highest BCUT2D eigenvalue weighted by Gasteiger charge is 2.18. The van der Waals surface area contributed by atoms with E-state index in [1.165, 1.54) is 23.5 Å². The average Bonchev–Trinajstić information content (AvgIpc) is 3.08. The summed E-state index contributed by atoms with van der Waals surface area (Å²) in [5, 5.41) is 8.99. The summed E-state index contributed by atoms with van der Waals surface area (Å²) in [7, 11) is 0. The Morgan fingerprint density at radius 1 is 1.55 bits per heavy atom. The fourth-order valence-electron chi connectivity index (χ4n) is 2.09. The Morgan fingerprint density at radius 2 is 2.41 bits per heavy atom. The molecular weight excluding hydrogens is 305 g/mol. The second kappa shape index (κ2) is 6.23. The fraction of sp³-hybridized carbons (Fsp3) is 0.267. The SMILES string of the molecule is C[C@H]1CC(NC(=O)Cc2csc(-c3cccc(F)c3)n2)=NO1. The summed E-state index contributed by atoms with van der Waals surface area (Å²) in [5.41, 5.74) is 1.35. The van der Waals surface area contributed by atoms with Gasteiger partial charge in [-0.15, -0.1) is 11.3 Å². The van der Waals surface area contributed by atoms with Crippen molar-refractivity contribution in [2.45, 2.75) is 25.9 Å². The third kappa shape index (κ3) is 3.48. The first-order valence-corrected chi connectivity index (χ1v) is 7.71. The maximum Gasteiger partial charge on any atom is 0.231 e. The molecule has 1 aliphatic rings. The molecule has 1 aromatic carbocycles. The molecule has 0 saturated carbocycles. The van der Waals surface area contributed by atoms with Gasteiger partial charge in [0.25, 0.3) is 0 Å². The number of benzene rings is 1. The van der Waals surface area contributed by atoms with Crippen LogP contribution in [0.3, 0.4) is 0 Å². The highest BCUT2D eigenvalue weighted by molar-refractivity contribution is 7.13. The van der Waals surface area contributed by atoms with Gasteiger partial charge >= 0.3 is 0 Å². The van der Waals surface area contributed by atoms with Gasteiger partial charge in [0.15, 0.2) is 5.84 Å². The molecule has 2 heterocycles. The van der Waals surface area contributed by atoms with Gasteiger partial charge in [-0.05, 0) is 19.1 Å². The van der Waals surface area contributed by atoms with Gasteiger partial charge in [-0.1, -0.05) is 17.3 Å². The first kappa shape index (κ1) is 14.6. The van der Waals surface area contributed by atoms with Gasteiger partial charge in [0.1, 0.15) is 16.9 Å². The molecular formula is C15H14FN3O2S. The number of carbonyl (C=O) groups excluding carboxylic acids is 1. The molecule has 7 heteroatoms. The second-order valence-corrected chi connectivity index (χ2v) is 5.90. The third-order valence-electron chi connectivity index (χ3n) is 3.07. The molecule has 0 radical (unpaired) electrons. The lowest BCUT2D eigenvalue weighted by atomic mass is 10.2. The lowest BCUT2D eigenvalue weighted by Gasteiger charge is -2.01. The van der Waals surface area contributed by atoms with Crippen LogP contribution in [0.15, 0.2) is 34.8 Å². The van der Waals surface area contributed by atoms with Crippen LogP contribution in [0.4, 0.5) is 4.39 Å². The van der Waals surface area contributed by atoms with E-state index in [4.69, 9.17) is 4.84 Å². The zero-order valence-electron chi connectivity index (χ0n) is 11.9. The number of amidine groups is 1. The molecule has 22 heavy (non-hydrogen) atoms. The van der Waals surface area contributed by atoms with Crippen molar-refractivity contribution in [3.63, 3.8) is 0 Å². The zero-order valence-corrected chi connectivity index (χ0v) is 12.7. The number of rotatable bonds is 3. The number of hydrogen-bond acceptors (Lipinski definition) is 5. The summed E-state index contributed by atoms with van der Waals surface area (Å²) in [6.45, 7) is 1.88. The average molecular weight is 319 g/mol. The van der Waals surface area contributed by atoms with Crippen LogP contribution in [0.2, 0.25) is 0 Å². The van der Waals surface area contributed by atoms with E-state index in [-0.39, 0.29) is 24.2 Å². The number of nitrogens with one attached hydrogen (secondary N) is 1. The number of carbonyl (C=O) groups is 1. The quantitative estimate of drug-likeness (QED) is 0.946. The molecule has 0 bridgehead atoms. The lowest BCUT2D eigenvalue weighted by molar-refractivity contribution is -0.119. The highest BCUT2D eigenvalue weighted by Crippen LogP contribution is 2.24. The Kier molecular flexibility index (Phi) is 4.15. The van der Waals surface area contributed by atoms with Crippen molar-refractivity contribution in [3.05, 3.63) is 41.2 Å². The Labute approximate surface area is 130 Å².